The maximum Gasteiger partial charge on any atom is 0.312 e. The van der Waals surface area contributed by atoms with E-state index >= 15 is 0 Å². The van der Waals surface area contributed by atoms with Crippen molar-refractivity contribution in [3.63, 3.8) is 0 Å². The predicted octanol–water partition coefficient (Wildman–Crippen LogP) is 2.96. The van der Waals surface area contributed by atoms with Gasteiger partial charge in [-0.15, -0.1) is 0 Å². The summed E-state index contributed by atoms with van der Waals surface area (Å²) < 4.78 is 5.19. The van der Waals surface area contributed by atoms with Crippen LogP contribution in [0.2, 0.25) is 0 Å². The van der Waals surface area contributed by atoms with Crippen LogP contribution < -0.4 is 0 Å². The van der Waals surface area contributed by atoms with E-state index in [1.807, 2.05) is 26.8 Å². The van der Waals surface area contributed by atoms with Crippen molar-refractivity contribution in [2.24, 2.45) is 11.8 Å². The summed E-state index contributed by atoms with van der Waals surface area (Å²) >= 11 is 0. The fourth-order valence-electron chi connectivity index (χ4n) is 3.34. The van der Waals surface area contributed by atoms with Crippen molar-refractivity contribution in [2.75, 3.05) is 6.61 Å². The number of rotatable bonds is 4. The quantitative estimate of drug-likeness (QED) is 0.860. The molecule has 0 aliphatic heterocycles. The Morgan fingerprint density at radius 2 is 2.15 bits per heavy atom. The molecule has 0 spiro atoms. The molecule has 2 atom stereocenters. The molecule has 3 nitrogen and oxygen atoms in total. The number of carbonyl (C=O) groups is 1. The summed E-state index contributed by atoms with van der Waals surface area (Å²) in [7, 11) is 0. The van der Waals surface area contributed by atoms with Gasteiger partial charge in [-0.3, -0.25) is 4.79 Å². The SMILES string of the molecule is CCOC(=O)C(C(C)C)C1(O)CCc2ccc(C)cc21. The van der Waals surface area contributed by atoms with Gasteiger partial charge in [0.05, 0.1) is 12.5 Å². The Labute approximate surface area is 121 Å². The zero-order valence-electron chi connectivity index (χ0n) is 12.8. The molecule has 0 saturated heterocycles. The summed E-state index contributed by atoms with van der Waals surface area (Å²) in [4.78, 5) is 12.3. The molecule has 2 unspecified atom stereocenters. The molecule has 0 saturated carbocycles. The van der Waals surface area contributed by atoms with Crippen LogP contribution in [0.25, 0.3) is 0 Å². The van der Waals surface area contributed by atoms with Crippen molar-refractivity contribution in [1.29, 1.82) is 0 Å². The Morgan fingerprint density at radius 1 is 1.45 bits per heavy atom. The lowest BCUT2D eigenvalue weighted by atomic mass is 9.76. The van der Waals surface area contributed by atoms with Gasteiger partial charge >= 0.3 is 5.97 Å². The molecule has 2 rings (SSSR count). The van der Waals surface area contributed by atoms with Gasteiger partial charge in [-0.25, -0.2) is 0 Å². The topological polar surface area (TPSA) is 46.5 Å². The minimum Gasteiger partial charge on any atom is -0.466 e. The molecule has 1 aliphatic carbocycles. The molecule has 1 aromatic rings. The van der Waals surface area contributed by atoms with Crippen molar-refractivity contribution in [1.82, 2.24) is 0 Å². The van der Waals surface area contributed by atoms with Gasteiger partial charge in [0.25, 0.3) is 0 Å². The maximum atomic E-state index is 12.3. The van der Waals surface area contributed by atoms with E-state index in [2.05, 4.69) is 12.1 Å². The lowest BCUT2D eigenvalue weighted by Crippen LogP contribution is -2.42. The molecule has 1 N–H and O–H groups in total. The van der Waals surface area contributed by atoms with Gasteiger partial charge in [0.15, 0.2) is 0 Å². The zero-order chi connectivity index (χ0) is 14.9. The van der Waals surface area contributed by atoms with Gasteiger partial charge in [0, 0.05) is 0 Å². The Kier molecular flexibility index (Phi) is 4.19. The smallest absolute Gasteiger partial charge is 0.312 e. The van der Waals surface area contributed by atoms with Crippen molar-refractivity contribution in [2.45, 2.75) is 46.1 Å². The van der Waals surface area contributed by atoms with E-state index in [1.165, 1.54) is 0 Å². The summed E-state index contributed by atoms with van der Waals surface area (Å²) in [6, 6.07) is 6.13. The van der Waals surface area contributed by atoms with Crippen LogP contribution in [-0.4, -0.2) is 17.7 Å². The van der Waals surface area contributed by atoms with Gasteiger partial charge in [-0.2, -0.15) is 0 Å². The van der Waals surface area contributed by atoms with E-state index in [4.69, 9.17) is 4.74 Å². The molecule has 3 heteroatoms. The number of esters is 1. The van der Waals surface area contributed by atoms with E-state index in [0.717, 1.165) is 23.1 Å². The molecule has 1 aromatic carbocycles. The van der Waals surface area contributed by atoms with Crippen molar-refractivity contribution < 1.29 is 14.6 Å². The number of hydrogen-bond donors (Lipinski definition) is 1. The van der Waals surface area contributed by atoms with Gasteiger partial charge in [-0.1, -0.05) is 37.6 Å². The zero-order valence-corrected chi connectivity index (χ0v) is 12.8. The Balaban J connectivity index is 2.44. The average molecular weight is 276 g/mol. The van der Waals surface area contributed by atoms with Crippen LogP contribution in [-0.2, 0) is 21.6 Å². The van der Waals surface area contributed by atoms with Crippen LogP contribution in [0.4, 0.5) is 0 Å². The van der Waals surface area contributed by atoms with E-state index in [-0.39, 0.29) is 11.9 Å². The first-order valence-electron chi connectivity index (χ1n) is 7.39. The normalized spacial score (nSPS) is 22.7. The Hall–Kier alpha value is -1.35. The summed E-state index contributed by atoms with van der Waals surface area (Å²) in [5.74, 6) is -0.768. The largest absolute Gasteiger partial charge is 0.466 e. The number of aliphatic hydroxyl groups is 1. The number of aryl methyl sites for hydroxylation is 2. The average Bonchev–Trinajstić information content (AvgIpc) is 2.67. The number of hydrogen-bond acceptors (Lipinski definition) is 3. The monoisotopic (exact) mass is 276 g/mol. The first-order valence-corrected chi connectivity index (χ1v) is 7.39. The van der Waals surface area contributed by atoms with Crippen molar-refractivity contribution in [3.05, 3.63) is 34.9 Å². The molecular weight excluding hydrogens is 252 g/mol. The minimum absolute atomic E-state index is 0.0329. The Morgan fingerprint density at radius 3 is 2.75 bits per heavy atom. The van der Waals surface area contributed by atoms with Crippen molar-refractivity contribution in [3.8, 4) is 0 Å². The first kappa shape index (κ1) is 15.0. The lowest BCUT2D eigenvalue weighted by Gasteiger charge is -2.34. The number of fused-ring (bicyclic) bond motifs is 1. The summed E-state index contributed by atoms with van der Waals surface area (Å²) in [5.41, 5.74) is 2.06. The van der Waals surface area contributed by atoms with Gasteiger partial charge in [0.2, 0.25) is 0 Å². The van der Waals surface area contributed by atoms with Crippen LogP contribution in [0.1, 0.15) is 43.9 Å². The summed E-state index contributed by atoms with van der Waals surface area (Å²) in [6.45, 7) is 8.08. The molecule has 20 heavy (non-hydrogen) atoms. The highest BCUT2D eigenvalue weighted by molar-refractivity contribution is 5.75. The molecule has 0 amide bonds. The van der Waals surface area contributed by atoms with Crippen LogP contribution in [0.5, 0.6) is 0 Å². The highest BCUT2D eigenvalue weighted by Crippen LogP contribution is 2.45. The third kappa shape index (κ3) is 2.47. The number of carbonyl (C=O) groups excluding carboxylic acids is 1. The third-order valence-electron chi connectivity index (χ3n) is 4.23. The first-order chi connectivity index (χ1) is 9.40. The fourth-order valence-corrected chi connectivity index (χ4v) is 3.34. The highest BCUT2D eigenvalue weighted by Gasteiger charge is 2.49. The van der Waals surface area contributed by atoms with Gasteiger partial charge in [-0.05, 0) is 43.7 Å². The van der Waals surface area contributed by atoms with Crippen LogP contribution in [0, 0.1) is 18.8 Å². The molecule has 0 fully saturated rings. The Bertz CT molecular complexity index is 507. The van der Waals surface area contributed by atoms with Crippen LogP contribution >= 0.6 is 0 Å². The number of benzene rings is 1. The lowest BCUT2D eigenvalue weighted by molar-refractivity contribution is -0.163. The molecule has 0 aromatic heterocycles. The second kappa shape index (κ2) is 5.57. The van der Waals surface area contributed by atoms with E-state index in [1.54, 1.807) is 6.92 Å². The van der Waals surface area contributed by atoms with Crippen LogP contribution in [0.3, 0.4) is 0 Å². The van der Waals surface area contributed by atoms with Gasteiger partial charge in [0.1, 0.15) is 5.60 Å². The van der Waals surface area contributed by atoms with E-state index in [9.17, 15) is 9.90 Å². The molecule has 0 radical (unpaired) electrons. The molecule has 1 aliphatic rings. The van der Waals surface area contributed by atoms with E-state index in [0.29, 0.717) is 13.0 Å². The summed E-state index contributed by atoms with van der Waals surface area (Å²) in [6.07, 6.45) is 1.40. The van der Waals surface area contributed by atoms with Gasteiger partial charge < -0.3 is 9.84 Å². The van der Waals surface area contributed by atoms with E-state index < -0.39 is 11.5 Å². The maximum absolute atomic E-state index is 12.3. The molecular formula is C17H24O3. The van der Waals surface area contributed by atoms with Crippen molar-refractivity contribution >= 4 is 5.97 Å². The standard InChI is InChI=1S/C17H24O3/c1-5-20-16(18)15(11(2)3)17(19)9-8-13-7-6-12(4)10-14(13)17/h6-7,10-11,15,19H,5,8-9H2,1-4H3. The van der Waals surface area contributed by atoms with Crippen LogP contribution in [0.15, 0.2) is 18.2 Å². The molecule has 0 bridgehead atoms. The third-order valence-corrected chi connectivity index (χ3v) is 4.23. The number of ether oxygens (including phenoxy) is 1. The minimum atomic E-state index is -1.10. The highest BCUT2D eigenvalue weighted by atomic mass is 16.5. The predicted molar refractivity (Wildman–Crippen MR) is 78.4 cm³/mol. The molecule has 110 valence electrons. The second-order valence-corrected chi connectivity index (χ2v) is 6.06. The summed E-state index contributed by atoms with van der Waals surface area (Å²) in [5, 5.41) is 11.2. The molecule has 0 heterocycles. The fraction of sp³-hybridized carbons (Fsp3) is 0.588. The second-order valence-electron chi connectivity index (χ2n) is 6.06.